The van der Waals surface area contributed by atoms with Crippen molar-refractivity contribution in [2.24, 2.45) is 5.92 Å². The molecule has 0 radical (unpaired) electrons. The Balaban J connectivity index is 1.77. The molecule has 0 spiro atoms. The quantitative estimate of drug-likeness (QED) is 0.299. The fourth-order valence-electron chi connectivity index (χ4n) is 4.84. The van der Waals surface area contributed by atoms with E-state index < -0.39 is 0 Å². The molecule has 2 nitrogen and oxygen atoms in total. The van der Waals surface area contributed by atoms with Gasteiger partial charge >= 0.3 is 0 Å². The molecule has 0 N–H and O–H groups in total. The van der Waals surface area contributed by atoms with Gasteiger partial charge in [-0.15, -0.1) is 0 Å². The Morgan fingerprint density at radius 1 is 0.935 bits per heavy atom. The summed E-state index contributed by atoms with van der Waals surface area (Å²) in [5, 5.41) is 4.70. The highest BCUT2D eigenvalue weighted by molar-refractivity contribution is 6.11. The van der Waals surface area contributed by atoms with Crippen LogP contribution in [-0.2, 0) is 5.41 Å². The lowest BCUT2D eigenvalue weighted by molar-refractivity contribution is 0.326. The van der Waals surface area contributed by atoms with E-state index in [0.29, 0.717) is 5.92 Å². The van der Waals surface area contributed by atoms with E-state index in [0.717, 1.165) is 39.6 Å². The molecule has 2 aromatic heterocycles. The summed E-state index contributed by atoms with van der Waals surface area (Å²) in [6.45, 7) is 11.4. The van der Waals surface area contributed by atoms with Gasteiger partial charge in [-0.1, -0.05) is 64.1 Å². The lowest BCUT2D eigenvalue weighted by Gasteiger charge is -2.33. The first-order valence-corrected chi connectivity index (χ1v) is 11.2. The first kappa shape index (κ1) is 19.8. The number of nitrogens with zero attached hydrogens (tertiary/aromatic N) is 1. The number of fused-ring (bicyclic) bond motifs is 4. The molecule has 2 heterocycles. The average Bonchev–Trinajstić information content (AvgIpc) is 3.15. The van der Waals surface area contributed by atoms with Crippen LogP contribution in [0.1, 0.15) is 45.2 Å². The van der Waals surface area contributed by atoms with Gasteiger partial charge in [0.05, 0.1) is 5.69 Å². The summed E-state index contributed by atoms with van der Waals surface area (Å²) in [6, 6.07) is 21.7. The van der Waals surface area contributed by atoms with Gasteiger partial charge in [0.25, 0.3) is 0 Å². The highest BCUT2D eigenvalue weighted by atomic mass is 16.3. The van der Waals surface area contributed by atoms with Gasteiger partial charge in [-0.05, 0) is 65.5 Å². The Kier molecular flexibility index (Phi) is 4.62. The molecule has 0 saturated carbocycles. The van der Waals surface area contributed by atoms with Gasteiger partial charge in [0.1, 0.15) is 11.2 Å². The van der Waals surface area contributed by atoms with Crippen molar-refractivity contribution in [3.8, 4) is 11.3 Å². The highest BCUT2D eigenvalue weighted by Gasteiger charge is 2.28. The Bertz CT molecular complexity index is 1430. The summed E-state index contributed by atoms with van der Waals surface area (Å²) < 4.78 is 6.33. The summed E-state index contributed by atoms with van der Waals surface area (Å²) in [4.78, 5) is 4.83. The van der Waals surface area contributed by atoms with Crippen molar-refractivity contribution < 1.29 is 4.42 Å². The number of furan rings is 1. The third-order valence-electron chi connectivity index (χ3n) is 7.31. The smallest absolute Gasteiger partial charge is 0.144 e. The van der Waals surface area contributed by atoms with Gasteiger partial charge in [-0.25, -0.2) is 0 Å². The maximum absolute atomic E-state index is 6.33. The lowest BCUT2D eigenvalue weighted by atomic mass is 9.71. The van der Waals surface area contributed by atoms with E-state index in [2.05, 4.69) is 83.1 Å². The molecule has 1 atom stereocenters. The number of aryl methyl sites for hydroxylation is 1. The van der Waals surface area contributed by atoms with Crippen molar-refractivity contribution >= 4 is 32.7 Å². The topological polar surface area (TPSA) is 26.0 Å². The molecule has 0 aliphatic carbocycles. The van der Waals surface area contributed by atoms with Crippen molar-refractivity contribution in [1.82, 2.24) is 4.98 Å². The van der Waals surface area contributed by atoms with Crippen LogP contribution in [0.4, 0.5) is 0 Å². The SMILES string of the molecule is CCC(C)(c1ccc2c(-c3cc(C)cc4c3oc3ccccc34)nccc2c1)C(C)C. The van der Waals surface area contributed by atoms with Crippen LogP contribution >= 0.6 is 0 Å². The standard InChI is InChI=1S/C29H29NO/c1-6-29(5,18(2)3)21-11-12-22-20(17-21)13-14-30-27(22)25-16-19(4)15-24-23-9-7-8-10-26(23)31-28(24)25/h7-18H,6H2,1-5H3. The zero-order valence-corrected chi connectivity index (χ0v) is 19.0. The lowest BCUT2D eigenvalue weighted by Crippen LogP contribution is -2.27. The van der Waals surface area contributed by atoms with Gasteiger partial charge < -0.3 is 4.42 Å². The molecule has 156 valence electrons. The van der Waals surface area contributed by atoms with Crippen LogP contribution in [0, 0.1) is 12.8 Å². The number of pyridine rings is 1. The summed E-state index contributed by atoms with van der Waals surface area (Å²) in [7, 11) is 0. The van der Waals surface area contributed by atoms with Crippen LogP contribution in [0.25, 0.3) is 44.0 Å². The van der Waals surface area contributed by atoms with Crippen LogP contribution < -0.4 is 0 Å². The largest absolute Gasteiger partial charge is 0.455 e. The van der Waals surface area contributed by atoms with Gasteiger partial charge in [0.2, 0.25) is 0 Å². The molecule has 31 heavy (non-hydrogen) atoms. The second-order valence-electron chi connectivity index (χ2n) is 9.31. The van der Waals surface area contributed by atoms with Crippen molar-refractivity contribution in [2.75, 3.05) is 0 Å². The number of rotatable bonds is 4. The maximum Gasteiger partial charge on any atom is 0.144 e. The van der Waals surface area contributed by atoms with Crippen molar-refractivity contribution in [1.29, 1.82) is 0 Å². The predicted molar refractivity (Wildman–Crippen MR) is 132 cm³/mol. The number of hydrogen-bond donors (Lipinski definition) is 0. The molecular formula is C29H29NO. The van der Waals surface area contributed by atoms with Crippen molar-refractivity contribution in [3.63, 3.8) is 0 Å². The van der Waals surface area contributed by atoms with Crippen LogP contribution in [-0.4, -0.2) is 4.98 Å². The van der Waals surface area contributed by atoms with E-state index in [1.165, 1.54) is 21.9 Å². The molecular weight excluding hydrogens is 378 g/mol. The fraction of sp³-hybridized carbons (Fsp3) is 0.276. The summed E-state index contributed by atoms with van der Waals surface area (Å²) >= 11 is 0. The Hall–Kier alpha value is -3.13. The Labute approximate surface area is 183 Å². The normalized spacial score (nSPS) is 14.0. The number of hydrogen-bond acceptors (Lipinski definition) is 2. The monoisotopic (exact) mass is 407 g/mol. The summed E-state index contributed by atoms with van der Waals surface area (Å²) in [5.41, 5.74) is 6.65. The minimum absolute atomic E-state index is 0.160. The van der Waals surface area contributed by atoms with Crippen LogP contribution in [0.15, 0.2) is 71.3 Å². The van der Waals surface area contributed by atoms with Crippen molar-refractivity contribution in [3.05, 3.63) is 78.0 Å². The van der Waals surface area contributed by atoms with E-state index in [1.807, 2.05) is 18.3 Å². The van der Waals surface area contributed by atoms with Gasteiger partial charge in [0.15, 0.2) is 0 Å². The van der Waals surface area contributed by atoms with Crippen LogP contribution in [0.3, 0.4) is 0 Å². The van der Waals surface area contributed by atoms with Gasteiger partial charge in [-0.2, -0.15) is 0 Å². The molecule has 0 fully saturated rings. The summed E-state index contributed by atoms with van der Waals surface area (Å²) in [6.07, 6.45) is 3.04. The predicted octanol–water partition coefficient (Wildman–Crippen LogP) is 8.43. The molecule has 0 amide bonds. The van der Waals surface area contributed by atoms with E-state index in [4.69, 9.17) is 9.40 Å². The fourth-order valence-corrected chi connectivity index (χ4v) is 4.84. The molecule has 5 aromatic rings. The van der Waals surface area contributed by atoms with Crippen LogP contribution in [0.2, 0.25) is 0 Å². The molecule has 2 heteroatoms. The zero-order valence-electron chi connectivity index (χ0n) is 19.0. The first-order chi connectivity index (χ1) is 14.9. The molecule has 5 rings (SSSR count). The molecule has 3 aromatic carbocycles. The van der Waals surface area contributed by atoms with Crippen molar-refractivity contribution in [2.45, 2.75) is 46.5 Å². The van der Waals surface area contributed by atoms with E-state index in [-0.39, 0.29) is 5.41 Å². The molecule has 0 saturated heterocycles. The highest BCUT2D eigenvalue weighted by Crippen LogP contribution is 2.40. The number of benzene rings is 3. The minimum Gasteiger partial charge on any atom is -0.455 e. The zero-order chi connectivity index (χ0) is 21.8. The maximum atomic E-state index is 6.33. The van der Waals surface area contributed by atoms with Gasteiger partial charge in [-0.3, -0.25) is 4.98 Å². The second-order valence-corrected chi connectivity index (χ2v) is 9.31. The third-order valence-corrected chi connectivity index (χ3v) is 7.31. The molecule has 0 aliphatic heterocycles. The second kappa shape index (κ2) is 7.23. The number of para-hydroxylation sites is 1. The van der Waals surface area contributed by atoms with E-state index in [9.17, 15) is 0 Å². The summed E-state index contributed by atoms with van der Waals surface area (Å²) in [5.74, 6) is 0.572. The minimum atomic E-state index is 0.160. The Morgan fingerprint density at radius 3 is 2.52 bits per heavy atom. The third kappa shape index (κ3) is 3.05. The number of aromatic nitrogens is 1. The first-order valence-electron chi connectivity index (χ1n) is 11.2. The average molecular weight is 408 g/mol. The molecule has 0 aliphatic rings. The Morgan fingerprint density at radius 2 is 1.74 bits per heavy atom. The molecule has 0 bridgehead atoms. The van der Waals surface area contributed by atoms with E-state index >= 15 is 0 Å². The van der Waals surface area contributed by atoms with Gasteiger partial charge in [0, 0.05) is 27.9 Å². The van der Waals surface area contributed by atoms with E-state index in [1.54, 1.807) is 0 Å². The van der Waals surface area contributed by atoms with Crippen LogP contribution in [0.5, 0.6) is 0 Å². The molecule has 1 unspecified atom stereocenters.